The van der Waals surface area contributed by atoms with Crippen LogP contribution in [0, 0.1) is 6.92 Å². The first-order valence-corrected chi connectivity index (χ1v) is 6.99. The van der Waals surface area contributed by atoms with Gasteiger partial charge in [-0.2, -0.15) is 0 Å². The molecule has 0 unspecified atom stereocenters. The second-order valence-corrected chi connectivity index (χ2v) is 5.57. The highest BCUT2D eigenvalue weighted by molar-refractivity contribution is 9.10. The van der Waals surface area contributed by atoms with E-state index in [1.165, 1.54) is 11.1 Å². The highest BCUT2D eigenvalue weighted by Crippen LogP contribution is 2.24. The molecule has 0 spiro atoms. The summed E-state index contributed by atoms with van der Waals surface area (Å²) in [7, 11) is 0. The summed E-state index contributed by atoms with van der Waals surface area (Å²) in [5.41, 5.74) is 3.65. The van der Waals surface area contributed by atoms with Crippen LogP contribution >= 0.6 is 31.9 Å². The van der Waals surface area contributed by atoms with Crippen LogP contribution in [0.4, 0.5) is 5.69 Å². The lowest BCUT2D eigenvalue weighted by Gasteiger charge is -2.11. The summed E-state index contributed by atoms with van der Waals surface area (Å²) in [5, 5.41) is 3.45. The number of benzene rings is 2. The molecular weight excluding hydrogens is 342 g/mol. The third-order valence-corrected chi connectivity index (χ3v) is 4.33. The van der Waals surface area contributed by atoms with Crippen molar-refractivity contribution in [3.05, 3.63) is 62.5 Å². The minimum absolute atomic E-state index is 0.818. The van der Waals surface area contributed by atoms with E-state index in [2.05, 4.69) is 74.4 Å². The van der Waals surface area contributed by atoms with E-state index in [0.29, 0.717) is 0 Å². The van der Waals surface area contributed by atoms with Gasteiger partial charge in [-0.1, -0.05) is 56.1 Å². The molecular formula is C14H13Br2N. The summed E-state index contributed by atoms with van der Waals surface area (Å²) >= 11 is 7.09. The zero-order chi connectivity index (χ0) is 12.3. The highest BCUT2D eigenvalue weighted by Gasteiger charge is 2.02. The van der Waals surface area contributed by atoms with Gasteiger partial charge in [0.1, 0.15) is 0 Å². The molecule has 2 rings (SSSR count). The van der Waals surface area contributed by atoms with Crippen molar-refractivity contribution in [3.63, 3.8) is 0 Å². The standard InChI is InChI=1S/C14H13Br2N/c1-10-12(15)7-4-8-14(10)17-9-11-5-2-3-6-13(11)16/h2-8,17H,9H2,1H3. The average Bonchev–Trinajstić information content (AvgIpc) is 2.33. The second-order valence-electron chi connectivity index (χ2n) is 3.86. The Labute approximate surface area is 119 Å². The summed E-state index contributed by atoms with van der Waals surface area (Å²) in [4.78, 5) is 0. The molecule has 0 amide bonds. The van der Waals surface area contributed by atoms with Gasteiger partial charge >= 0.3 is 0 Å². The maximum Gasteiger partial charge on any atom is 0.0412 e. The van der Waals surface area contributed by atoms with Crippen molar-refractivity contribution in [1.82, 2.24) is 0 Å². The summed E-state index contributed by atoms with van der Waals surface area (Å²) in [6.07, 6.45) is 0. The average molecular weight is 355 g/mol. The minimum Gasteiger partial charge on any atom is -0.381 e. The molecule has 0 atom stereocenters. The van der Waals surface area contributed by atoms with Crippen molar-refractivity contribution >= 4 is 37.5 Å². The number of hydrogen-bond donors (Lipinski definition) is 1. The molecule has 0 aliphatic rings. The van der Waals surface area contributed by atoms with Crippen LogP contribution in [0.15, 0.2) is 51.4 Å². The molecule has 0 aliphatic heterocycles. The Kier molecular flexibility index (Phi) is 4.24. The molecule has 0 saturated carbocycles. The van der Waals surface area contributed by atoms with Crippen LogP contribution in [0.3, 0.4) is 0 Å². The fourth-order valence-electron chi connectivity index (χ4n) is 1.63. The van der Waals surface area contributed by atoms with Gasteiger partial charge in [0.25, 0.3) is 0 Å². The lowest BCUT2D eigenvalue weighted by atomic mass is 10.2. The van der Waals surface area contributed by atoms with Gasteiger partial charge in [-0.05, 0) is 36.2 Å². The van der Waals surface area contributed by atoms with Gasteiger partial charge in [0, 0.05) is 21.2 Å². The zero-order valence-electron chi connectivity index (χ0n) is 9.50. The maximum absolute atomic E-state index is 3.55. The molecule has 3 heteroatoms. The summed E-state index contributed by atoms with van der Waals surface area (Å²) in [5.74, 6) is 0. The predicted molar refractivity (Wildman–Crippen MR) is 80.3 cm³/mol. The van der Waals surface area contributed by atoms with E-state index < -0.39 is 0 Å². The van der Waals surface area contributed by atoms with E-state index in [0.717, 1.165) is 21.2 Å². The molecule has 2 aromatic carbocycles. The van der Waals surface area contributed by atoms with E-state index in [4.69, 9.17) is 0 Å². The largest absolute Gasteiger partial charge is 0.381 e. The SMILES string of the molecule is Cc1c(Br)cccc1NCc1ccccc1Br. The lowest BCUT2D eigenvalue weighted by Crippen LogP contribution is -2.01. The van der Waals surface area contributed by atoms with Gasteiger partial charge in [0.2, 0.25) is 0 Å². The smallest absolute Gasteiger partial charge is 0.0412 e. The first kappa shape index (κ1) is 12.7. The van der Waals surface area contributed by atoms with Crippen LogP contribution in [0.1, 0.15) is 11.1 Å². The normalized spacial score (nSPS) is 10.3. The molecule has 17 heavy (non-hydrogen) atoms. The third kappa shape index (κ3) is 3.11. The van der Waals surface area contributed by atoms with Crippen LogP contribution in [0.5, 0.6) is 0 Å². The van der Waals surface area contributed by atoms with Gasteiger partial charge in [0.05, 0.1) is 0 Å². The fraction of sp³-hybridized carbons (Fsp3) is 0.143. The molecule has 1 nitrogen and oxygen atoms in total. The zero-order valence-corrected chi connectivity index (χ0v) is 12.7. The van der Waals surface area contributed by atoms with Crippen LogP contribution in [-0.2, 0) is 6.54 Å². The fourth-order valence-corrected chi connectivity index (χ4v) is 2.42. The Hall–Kier alpha value is -0.800. The Bertz CT molecular complexity index is 523. The first-order valence-electron chi connectivity index (χ1n) is 5.41. The summed E-state index contributed by atoms with van der Waals surface area (Å²) in [6.45, 7) is 2.92. The summed E-state index contributed by atoms with van der Waals surface area (Å²) in [6, 6.07) is 14.4. The Morgan fingerprint density at radius 1 is 0.941 bits per heavy atom. The second kappa shape index (κ2) is 5.69. The highest BCUT2D eigenvalue weighted by atomic mass is 79.9. The van der Waals surface area contributed by atoms with Crippen molar-refractivity contribution in [2.24, 2.45) is 0 Å². The van der Waals surface area contributed by atoms with Crippen LogP contribution in [-0.4, -0.2) is 0 Å². The molecule has 0 heterocycles. The van der Waals surface area contributed by atoms with Crippen molar-refractivity contribution in [2.45, 2.75) is 13.5 Å². The van der Waals surface area contributed by atoms with E-state index >= 15 is 0 Å². The first-order chi connectivity index (χ1) is 8.18. The number of rotatable bonds is 3. The van der Waals surface area contributed by atoms with Crippen LogP contribution < -0.4 is 5.32 Å². The van der Waals surface area contributed by atoms with E-state index in [1.54, 1.807) is 0 Å². The van der Waals surface area contributed by atoms with Gasteiger partial charge < -0.3 is 5.32 Å². The van der Waals surface area contributed by atoms with Gasteiger partial charge in [-0.25, -0.2) is 0 Å². The topological polar surface area (TPSA) is 12.0 Å². The Balaban J connectivity index is 2.13. The molecule has 0 aromatic heterocycles. The molecule has 0 radical (unpaired) electrons. The van der Waals surface area contributed by atoms with E-state index in [1.807, 2.05) is 12.1 Å². The number of hydrogen-bond acceptors (Lipinski definition) is 1. The van der Waals surface area contributed by atoms with Crippen LogP contribution in [0.25, 0.3) is 0 Å². The third-order valence-electron chi connectivity index (χ3n) is 2.69. The maximum atomic E-state index is 3.55. The van der Waals surface area contributed by atoms with Crippen molar-refractivity contribution < 1.29 is 0 Å². The molecule has 0 saturated heterocycles. The Morgan fingerprint density at radius 3 is 2.41 bits per heavy atom. The monoisotopic (exact) mass is 353 g/mol. The minimum atomic E-state index is 0.818. The van der Waals surface area contributed by atoms with Gasteiger partial charge in [-0.15, -0.1) is 0 Å². The predicted octanol–water partition coefficient (Wildman–Crippen LogP) is 5.13. The number of anilines is 1. The van der Waals surface area contributed by atoms with E-state index in [-0.39, 0.29) is 0 Å². The van der Waals surface area contributed by atoms with Crippen molar-refractivity contribution in [3.8, 4) is 0 Å². The molecule has 0 fully saturated rings. The Morgan fingerprint density at radius 2 is 1.65 bits per heavy atom. The number of nitrogens with one attached hydrogen (secondary N) is 1. The van der Waals surface area contributed by atoms with Crippen molar-refractivity contribution in [2.75, 3.05) is 5.32 Å². The van der Waals surface area contributed by atoms with Gasteiger partial charge in [-0.3, -0.25) is 0 Å². The number of halogens is 2. The van der Waals surface area contributed by atoms with Crippen LogP contribution in [0.2, 0.25) is 0 Å². The quantitative estimate of drug-likeness (QED) is 0.805. The molecule has 2 aromatic rings. The lowest BCUT2D eigenvalue weighted by molar-refractivity contribution is 1.13. The van der Waals surface area contributed by atoms with E-state index in [9.17, 15) is 0 Å². The van der Waals surface area contributed by atoms with Gasteiger partial charge in [0.15, 0.2) is 0 Å². The molecule has 88 valence electrons. The molecule has 1 N–H and O–H groups in total. The van der Waals surface area contributed by atoms with Crippen molar-refractivity contribution in [1.29, 1.82) is 0 Å². The molecule has 0 aliphatic carbocycles. The molecule has 0 bridgehead atoms. The summed E-state index contributed by atoms with van der Waals surface area (Å²) < 4.78 is 2.27.